The van der Waals surface area contributed by atoms with E-state index < -0.39 is 0 Å². The quantitative estimate of drug-likeness (QED) is 0.210. The van der Waals surface area contributed by atoms with Crippen LogP contribution in [0.15, 0.2) is 41.3 Å². The fourth-order valence-corrected chi connectivity index (χ4v) is 3.73. The molecule has 0 aliphatic rings. The van der Waals surface area contributed by atoms with E-state index in [9.17, 15) is 4.79 Å². The molecule has 172 valence electrons. The average molecular weight is 438 g/mol. The molecule has 3 aromatic rings. The van der Waals surface area contributed by atoms with E-state index in [-0.39, 0.29) is 23.1 Å². The van der Waals surface area contributed by atoms with Crippen LogP contribution < -0.4 is 22.1 Å². The third-order valence-corrected chi connectivity index (χ3v) is 5.55. The highest BCUT2D eigenvalue weighted by Gasteiger charge is 2.18. The number of aromatic amines is 1. The van der Waals surface area contributed by atoms with Gasteiger partial charge in [0, 0.05) is 35.3 Å². The summed E-state index contributed by atoms with van der Waals surface area (Å²) in [6, 6.07) is 10.3. The molecule has 6 N–H and O–H groups in total. The minimum atomic E-state index is -0.302. The van der Waals surface area contributed by atoms with Crippen molar-refractivity contribution < 1.29 is 0 Å². The van der Waals surface area contributed by atoms with Crippen molar-refractivity contribution in [1.82, 2.24) is 25.2 Å². The van der Waals surface area contributed by atoms with E-state index in [1.807, 2.05) is 18.3 Å². The van der Waals surface area contributed by atoms with E-state index in [0.717, 1.165) is 29.7 Å². The third-order valence-electron chi connectivity index (χ3n) is 5.55. The Balaban J connectivity index is 1.79. The number of benzene rings is 1. The molecule has 0 aliphatic heterocycles. The summed E-state index contributed by atoms with van der Waals surface area (Å²) < 4.78 is 1.59. The SMILES string of the molecule is CC(C)[C@H](NCCCNC(=N)N)c1ccc(-n2cc3cc(C(C)(C)C)[nH]c3nc2=O)cc1. The summed E-state index contributed by atoms with van der Waals surface area (Å²) in [5, 5.41) is 14.5. The first kappa shape index (κ1) is 23.5. The number of aromatic nitrogens is 3. The Morgan fingerprint density at radius 1 is 1.22 bits per heavy atom. The zero-order chi connectivity index (χ0) is 23.5. The minimum absolute atomic E-state index is 0.00168. The zero-order valence-electron chi connectivity index (χ0n) is 19.6. The summed E-state index contributed by atoms with van der Waals surface area (Å²) in [7, 11) is 0. The van der Waals surface area contributed by atoms with Gasteiger partial charge in [0.15, 0.2) is 5.96 Å². The normalized spacial score (nSPS) is 12.9. The lowest BCUT2D eigenvalue weighted by Crippen LogP contribution is -2.33. The van der Waals surface area contributed by atoms with Crippen molar-refractivity contribution in [3.05, 3.63) is 58.3 Å². The predicted molar refractivity (Wildman–Crippen MR) is 131 cm³/mol. The Morgan fingerprint density at radius 3 is 2.50 bits per heavy atom. The Kier molecular flexibility index (Phi) is 7.03. The summed E-state index contributed by atoms with van der Waals surface area (Å²) in [5.41, 5.74) is 8.61. The number of fused-ring (bicyclic) bond motifs is 1. The molecule has 0 aliphatic carbocycles. The second kappa shape index (κ2) is 9.56. The van der Waals surface area contributed by atoms with Crippen molar-refractivity contribution in [3.63, 3.8) is 0 Å². The molecule has 2 heterocycles. The highest BCUT2D eigenvalue weighted by molar-refractivity contribution is 5.76. The third kappa shape index (κ3) is 5.56. The van der Waals surface area contributed by atoms with E-state index in [0.29, 0.717) is 18.1 Å². The van der Waals surface area contributed by atoms with Gasteiger partial charge in [-0.25, -0.2) is 4.79 Å². The molecular formula is C24H35N7O. The van der Waals surface area contributed by atoms with Gasteiger partial charge in [0.2, 0.25) is 0 Å². The van der Waals surface area contributed by atoms with Crippen molar-refractivity contribution in [2.24, 2.45) is 11.7 Å². The first-order valence-electron chi connectivity index (χ1n) is 11.1. The molecule has 0 spiro atoms. The van der Waals surface area contributed by atoms with Gasteiger partial charge in [0.1, 0.15) is 5.65 Å². The maximum absolute atomic E-state index is 12.7. The molecule has 8 nitrogen and oxygen atoms in total. The molecule has 1 atom stereocenters. The second-order valence-electron chi connectivity index (χ2n) is 9.59. The Bertz CT molecular complexity index is 1120. The van der Waals surface area contributed by atoms with Gasteiger partial charge in [0.05, 0.1) is 5.69 Å². The van der Waals surface area contributed by atoms with Gasteiger partial charge in [-0.05, 0) is 42.6 Å². The minimum Gasteiger partial charge on any atom is -0.370 e. The van der Waals surface area contributed by atoms with E-state index in [4.69, 9.17) is 11.1 Å². The number of H-pyrrole nitrogens is 1. The molecule has 0 amide bonds. The van der Waals surface area contributed by atoms with E-state index >= 15 is 0 Å². The molecule has 2 aromatic heterocycles. The van der Waals surface area contributed by atoms with Gasteiger partial charge in [0.25, 0.3) is 0 Å². The maximum atomic E-state index is 12.7. The van der Waals surface area contributed by atoms with Gasteiger partial charge in [-0.2, -0.15) is 4.98 Å². The predicted octanol–water partition coefficient (Wildman–Crippen LogP) is 3.17. The number of hydrogen-bond acceptors (Lipinski definition) is 4. The standard InChI is InChI=1S/C24H35N7O/c1-15(2)20(27-11-6-12-28-22(25)26)16-7-9-18(10-8-16)31-14-17-13-19(24(3,4)5)29-21(17)30-23(31)32/h7-10,13-15,20,27H,6,11-12H2,1-5H3,(H4,25,26,28)(H,29,30,32)/t20-/m0/s1. The van der Waals surface area contributed by atoms with E-state index in [1.165, 1.54) is 5.56 Å². The molecule has 0 fully saturated rings. The summed E-state index contributed by atoms with van der Waals surface area (Å²) in [6.45, 7) is 12.2. The van der Waals surface area contributed by atoms with Crippen LogP contribution in [0.4, 0.5) is 0 Å². The van der Waals surface area contributed by atoms with Crippen LogP contribution in [0.2, 0.25) is 0 Å². The fraction of sp³-hybridized carbons (Fsp3) is 0.458. The molecule has 0 unspecified atom stereocenters. The molecule has 3 rings (SSSR count). The molecule has 8 heteroatoms. The largest absolute Gasteiger partial charge is 0.370 e. The maximum Gasteiger partial charge on any atom is 0.354 e. The Morgan fingerprint density at radius 2 is 1.91 bits per heavy atom. The van der Waals surface area contributed by atoms with Crippen molar-refractivity contribution in [2.75, 3.05) is 13.1 Å². The van der Waals surface area contributed by atoms with Crippen LogP contribution in [-0.2, 0) is 5.41 Å². The summed E-state index contributed by atoms with van der Waals surface area (Å²) in [5.74, 6) is 0.399. The molecule has 0 radical (unpaired) electrons. The van der Waals surface area contributed by atoms with Gasteiger partial charge in [-0.3, -0.25) is 9.98 Å². The molecule has 0 saturated carbocycles. The number of nitrogens with two attached hydrogens (primary N) is 1. The van der Waals surface area contributed by atoms with Gasteiger partial charge < -0.3 is 21.4 Å². The van der Waals surface area contributed by atoms with Crippen LogP contribution in [0.1, 0.15) is 58.3 Å². The van der Waals surface area contributed by atoms with Crippen molar-refractivity contribution in [2.45, 2.75) is 52.5 Å². The summed E-state index contributed by atoms with van der Waals surface area (Å²) >= 11 is 0. The van der Waals surface area contributed by atoms with Gasteiger partial charge >= 0.3 is 5.69 Å². The molecule has 0 bridgehead atoms. The molecule has 1 aromatic carbocycles. The van der Waals surface area contributed by atoms with Crippen LogP contribution in [0, 0.1) is 11.3 Å². The summed E-state index contributed by atoms with van der Waals surface area (Å²) in [6.07, 6.45) is 2.72. The van der Waals surface area contributed by atoms with Crippen molar-refractivity contribution in [1.29, 1.82) is 5.41 Å². The lowest BCUT2D eigenvalue weighted by Gasteiger charge is -2.23. The molecular weight excluding hydrogens is 402 g/mol. The van der Waals surface area contributed by atoms with Gasteiger partial charge in [-0.15, -0.1) is 0 Å². The number of nitrogens with one attached hydrogen (secondary N) is 4. The first-order valence-corrected chi connectivity index (χ1v) is 11.1. The van der Waals surface area contributed by atoms with Crippen molar-refractivity contribution >= 4 is 17.0 Å². The lowest BCUT2D eigenvalue weighted by atomic mass is 9.92. The topological polar surface area (TPSA) is 125 Å². The van der Waals surface area contributed by atoms with Crippen LogP contribution in [-0.4, -0.2) is 33.6 Å². The van der Waals surface area contributed by atoms with Gasteiger partial charge in [-0.1, -0.05) is 46.8 Å². The monoisotopic (exact) mass is 437 g/mol. The highest BCUT2D eigenvalue weighted by atomic mass is 16.1. The fourth-order valence-electron chi connectivity index (χ4n) is 3.73. The smallest absolute Gasteiger partial charge is 0.354 e. The van der Waals surface area contributed by atoms with Crippen LogP contribution in [0.5, 0.6) is 0 Å². The number of guanidine groups is 1. The van der Waals surface area contributed by atoms with Crippen LogP contribution in [0.25, 0.3) is 16.7 Å². The van der Waals surface area contributed by atoms with E-state index in [1.54, 1.807) is 4.57 Å². The van der Waals surface area contributed by atoms with Crippen molar-refractivity contribution in [3.8, 4) is 5.69 Å². The highest BCUT2D eigenvalue weighted by Crippen LogP contribution is 2.25. The average Bonchev–Trinajstić information content (AvgIpc) is 3.13. The number of nitrogens with zero attached hydrogens (tertiary/aromatic N) is 2. The Labute approximate surface area is 189 Å². The van der Waals surface area contributed by atoms with Crippen LogP contribution >= 0.6 is 0 Å². The number of hydrogen-bond donors (Lipinski definition) is 5. The Hall–Kier alpha value is -3.13. The second-order valence-corrected chi connectivity index (χ2v) is 9.59. The summed E-state index contributed by atoms with van der Waals surface area (Å²) in [4.78, 5) is 20.2. The number of rotatable bonds is 8. The lowest BCUT2D eigenvalue weighted by molar-refractivity contribution is 0.409. The molecule has 0 saturated heterocycles. The first-order chi connectivity index (χ1) is 15.1. The molecule has 32 heavy (non-hydrogen) atoms. The van der Waals surface area contributed by atoms with E-state index in [2.05, 4.69) is 73.4 Å². The van der Waals surface area contributed by atoms with Crippen LogP contribution in [0.3, 0.4) is 0 Å². The zero-order valence-corrected chi connectivity index (χ0v) is 19.6.